The summed E-state index contributed by atoms with van der Waals surface area (Å²) in [5.74, 6) is 0.275. The predicted octanol–water partition coefficient (Wildman–Crippen LogP) is 3.58. The molecule has 20 heavy (non-hydrogen) atoms. The lowest BCUT2D eigenvalue weighted by Gasteiger charge is -2.17. The van der Waals surface area contributed by atoms with Crippen LogP contribution < -0.4 is 10.1 Å². The average molecular weight is 275 g/mol. The third-order valence-corrected chi connectivity index (χ3v) is 2.88. The van der Waals surface area contributed by atoms with Crippen molar-refractivity contribution in [2.24, 2.45) is 0 Å². The molecule has 0 spiro atoms. The zero-order chi connectivity index (χ0) is 14.4. The van der Waals surface area contributed by atoms with Crippen molar-refractivity contribution < 1.29 is 9.13 Å². The van der Waals surface area contributed by atoms with E-state index in [9.17, 15) is 4.39 Å². The summed E-state index contributed by atoms with van der Waals surface area (Å²) in [7, 11) is 0. The zero-order valence-corrected chi connectivity index (χ0v) is 11.6. The SMILES string of the molecule is CCOc1ccc(NC(CC)c2ccc(F)cn2)cn1. The summed E-state index contributed by atoms with van der Waals surface area (Å²) < 4.78 is 18.2. The van der Waals surface area contributed by atoms with Gasteiger partial charge in [0, 0.05) is 6.07 Å². The number of nitrogens with one attached hydrogen (secondary N) is 1. The van der Waals surface area contributed by atoms with Crippen LogP contribution >= 0.6 is 0 Å². The van der Waals surface area contributed by atoms with Crippen molar-refractivity contribution >= 4 is 5.69 Å². The molecule has 2 rings (SSSR count). The van der Waals surface area contributed by atoms with Gasteiger partial charge < -0.3 is 10.1 Å². The Hall–Kier alpha value is -2.17. The van der Waals surface area contributed by atoms with Gasteiger partial charge >= 0.3 is 0 Å². The summed E-state index contributed by atoms with van der Waals surface area (Å²) in [6.07, 6.45) is 3.79. The lowest BCUT2D eigenvalue weighted by atomic mass is 10.1. The topological polar surface area (TPSA) is 47.0 Å². The maximum atomic E-state index is 12.9. The fourth-order valence-corrected chi connectivity index (χ4v) is 1.88. The molecule has 0 fully saturated rings. The number of nitrogens with zero attached hydrogens (tertiary/aromatic N) is 2. The summed E-state index contributed by atoms with van der Waals surface area (Å²) in [5.41, 5.74) is 1.69. The molecule has 2 aromatic heterocycles. The Morgan fingerprint density at radius 2 is 2.00 bits per heavy atom. The van der Waals surface area contributed by atoms with Crippen LogP contribution in [0.15, 0.2) is 36.7 Å². The number of rotatable bonds is 6. The van der Waals surface area contributed by atoms with E-state index in [0.29, 0.717) is 12.5 Å². The number of hydrogen-bond acceptors (Lipinski definition) is 4. The molecular weight excluding hydrogens is 257 g/mol. The van der Waals surface area contributed by atoms with Crippen LogP contribution in [-0.4, -0.2) is 16.6 Å². The molecule has 0 bridgehead atoms. The molecule has 0 amide bonds. The van der Waals surface area contributed by atoms with Crippen molar-refractivity contribution in [3.63, 3.8) is 0 Å². The molecule has 1 unspecified atom stereocenters. The molecule has 2 heterocycles. The monoisotopic (exact) mass is 275 g/mol. The van der Waals surface area contributed by atoms with Crippen molar-refractivity contribution in [2.45, 2.75) is 26.3 Å². The van der Waals surface area contributed by atoms with E-state index in [2.05, 4.69) is 15.3 Å². The number of anilines is 1. The van der Waals surface area contributed by atoms with Crippen LogP contribution in [0.2, 0.25) is 0 Å². The minimum absolute atomic E-state index is 0.0235. The quantitative estimate of drug-likeness (QED) is 0.875. The Bertz CT molecular complexity index is 528. The maximum Gasteiger partial charge on any atom is 0.213 e. The van der Waals surface area contributed by atoms with Crippen LogP contribution in [0.1, 0.15) is 32.0 Å². The van der Waals surface area contributed by atoms with Crippen molar-refractivity contribution in [3.05, 3.63) is 48.2 Å². The van der Waals surface area contributed by atoms with E-state index in [1.54, 1.807) is 12.3 Å². The highest BCUT2D eigenvalue weighted by Crippen LogP contribution is 2.21. The molecule has 2 aromatic rings. The molecule has 0 aliphatic heterocycles. The number of aromatic nitrogens is 2. The maximum absolute atomic E-state index is 12.9. The molecule has 1 N–H and O–H groups in total. The second-order valence-corrected chi connectivity index (χ2v) is 4.32. The van der Waals surface area contributed by atoms with Crippen molar-refractivity contribution in [2.75, 3.05) is 11.9 Å². The molecule has 0 aliphatic carbocycles. The normalized spacial score (nSPS) is 11.9. The van der Waals surface area contributed by atoms with E-state index in [-0.39, 0.29) is 11.9 Å². The summed E-state index contributed by atoms with van der Waals surface area (Å²) in [6, 6.07) is 6.86. The van der Waals surface area contributed by atoms with Gasteiger partial charge in [-0.05, 0) is 31.5 Å². The van der Waals surface area contributed by atoms with Gasteiger partial charge in [-0.1, -0.05) is 6.92 Å². The van der Waals surface area contributed by atoms with Crippen LogP contribution in [0.4, 0.5) is 10.1 Å². The van der Waals surface area contributed by atoms with Crippen molar-refractivity contribution in [1.29, 1.82) is 0 Å². The molecule has 5 heteroatoms. The number of ether oxygens (including phenoxy) is 1. The first-order valence-corrected chi connectivity index (χ1v) is 6.69. The predicted molar refractivity (Wildman–Crippen MR) is 76.3 cm³/mol. The van der Waals surface area contributed by atoms with Crippen LogP contribution in [0.3, 0.4) is 0 Å². The van der Waals surface area contributed by atoms with Gasteiger partial charge in [-0.3, -0.25) is 4.98 Å². The Balaban J connectivity index is 2.07. The van der Waals surface area contributed by atoms with Gasteiger partial charge in [-0.15, -0.1) is 0 Å². The average Bonchev–Trinajstić information content (AvgIpc) is 2.48. The molecule has 106 valence electrons. The Morgan fingerprint density at radius 3 is 2.55 bits per heavy atom. The van der Waals surface area contributed by atoms with E-state index in [4.69, 9.17) is 4.74 Å². The Morgan fingerprint density at radius 1 is 1.15 bits per heavy atom. The minimum Gasteiger partial charge on any atom is -0.478 e. The van der Waals surface area contributed by atoms with Crippen LogP contribution in [0.25, 0.3) is 0 Å². The molecule has 0 saturated heterocycles. The molecule has 0 aliphatic rings. The van der Waals surface area contributed by atoms with Crippen LogP contribution in [0, 0.1) is 5.82 Å². The second kappa shape index (κ2) is 6.84. The fourth-order valence-electron chi connectivity index (χ4n) is 1.88. The number of hydrogen-bond donors (Lipinski definition) is 1. The van der Waals surface area contributed by atoms with Crippen molar-refractivity contribution in [1.82, 2.24) is 9.97 Å². The number of pyridine rings is 2. The van der Waals surface area contributed by atoms with Gasteiger partial charge in [0.1, 0.15) is 5.82 Å². The first kappa shape index (κ1) is 14.2. The molecule has 4 nitrogen and oxygen atoms in total. The lowest BCUT2D eigenvalue weighted by molar-refractivity contribution is 0.327. The number of halogens is 1. The Kier molecular flexibility index (Phi) is 4.87. The van der Waals surface area contributed by atoms with Gasteiger partial charge in [0.25, 0.3) is 0 Å². The lowest BCUT2D eigenvalue weighted by Crippen LogP contribution is -2.11. The third-order valence-electron chi connectivity index (χ3n) is 2.88. The highest BCUT2D eigenvalue weighted by atomic mass is 19.1. The van der Waals surface area contributed by atoms with Gasteiger partial charge in [0.05, 0.1) is 36.4 Å². The Labute approximate surface area is 118 Å². The molecular formula is C15H18FN3O. The van der Waals surface area contributed by atoms with Crippen LogP contribution in [-0.2, 0) is 0 Å². The van der Waals surface area contributed by atoms with Crippen LogP contribution in [0.5, 0.6) is 5.88 Å². The standard InChI is InChI=1S/C15H18FN3O/c1-3-13(14-7-5-11(16)9-17-14)19-12-6-8-15(18-10-12)20-4-2/h5-10,13,19H,3-4H2,1-2H3. The molecule has 1 atom stereocenters. The van der Waals surface area contributed by atoms with Gasteiger partial charge in [0.15, 0.2) is 0 Å². The highest BCUT2D eigenvalue weighted by molar-refractivity contribution is 5.44. The zero-order valence-electron chi connectivity index (χ0n) is 11.6. The first-order valence-electron chi connectivity index (χ1n) is 6.69. The first-order chi connectivity index (χ1) is 9.72. The molecule has 0 aromatic carbocycles. The van der Waals surface area contributed by atoms with E-state index >= 15 is 0 Å². The van der Waals surface area contributed by atoms with Gasteiger partial charge in [-0.2, -0.15) is 0 Å². The smallest absolute Gasteiger partial charge is 0.213 e. The van der Waals surface area contributed by atoms with Crippen molar-refractivity contribution in [3.8, 4) is 5.88 Å². The fraction of sp³-hybridized carbons (Fsp3) is 0.333. The van der Waals surface area contributed by atoms with Gasteiger partial charge in [-0.25, -0.2) is 9.37 Å². The minimum atomic E-state index is -0.327. The summed E-state index contributed by atoms with van der Waals surface area (Å²) in [5, 5.41) is 3.33. The second-order valence-electron chi connectivity index (χ2n) is 4.32. The summed E-state index contributed by atoms with van der Waals surface area (Å²) in [6.45, 7) is 4.56. The van der Waals surface area contributed by atoms with E-state index in [1.165, 1.54) is 12.3 Å². The largest absolute Gasteiger partial charge is 0.478 e. The third kappa shape index (κ3) is 3.66. The molecule has 0 saturated carbocycles. The summed E-state index contributed by atoms with van der Waals surface area (Å²) in [4.78, 5) is 8.31. The highest BCUT2D eigenvalue weighted by Gasteiger charge is 2.11. The van der Waals surface area contributed by atoms with E-state index in [0.717, 1.165) is 17.8 Å². The van der Waals surface area contributed by atoms with E-state index < -0.39 is 0 Å². The van der Waals surface area contributed by atoms with Gasteiger partial charge in [0.2, 0.25) is 5.88 Å². The van der Waals surface area contributed by atoms with E-state index in [1.807, 2.05) is 26.0 Å². The summed E-state index contributed by atoms with van der Waals surface area (Å²) >= 11 is 0. The molecule has 0 radical (unpaired) electrons.